The zero-order valence-electron chi connectivity index (χ0n) is 7.49. The van der Waals surface area contributed by atoms with Crippen molar-refractivity contribution < 1.29 is 4.74 Å². The van der Waals surface area contributed by atoms with E-state index in [2.05, 4.69) is 21.6 Å². The second-order valence-corrected chi connectivity index (χ2v) is 2.53. The van der Waals surface area contributed by atoms with Gasteiger partial charge in [0, 0.05) is 19.6 Å². The summed E-state index contributed by atoms with van der Waals surface area (Å²) in [5.41, 5.74) is 0. The van der Waals surface area contributed by atoms with Crippen LogP contribution in [0, 0.1) is 0 Å². The molecular formula is C8H15N3O. The predicted octanol–water partition coefficient (Wildman–Crippen LogP) is 0.395. The van der Waals surface area contributed by atoms with Gasteiger partial charge in [-0.05, 0) is 13.6 Å². The second kappa shape index (κ2) is 4.87. The minimum Gasteiger partial charge on any atom is -0.378 e. The van der Waals surface area contributed by atoms with Crippen LogP contribution >= 0.6 is 0 Å². The molecule has 12 heavy (non-hydrogen) atoms. The van der Waals surface area contributed by atoms with Crippen molar-refractivity contribution in [3.63, 3.8) is 0 Å². The van der Waals surface area contributed by atoms with Crippen LogP contribution in [-0.4, -0.2) is 50.4 Å². The fourth-order valence-electron chi connectivity index (χ4n) is 1.15. The third kappa shape index (κ3) is 2.30. The van der Waals surface area contributed by atoms with Gasteiger partial charge in [-0.2, -0.15) is 0 Å². The third-order valence-electron chi connectivity index (χ3n) is 1.73. The molecule has 1 rings (SSSR count). The molecule has 0 radical (unpaired) electrons. The molecule has 1 heterocycles. The van der Waals surface area contributed by atoms with E-state index >= 15 is 0 Å². The van der Waals surface area contributed by atoms with Crippen molar-refractivity contribution in [2.45, 2.75) is 6.92 Å². The molecule has 0 aromatic carbocycles. The normalized spacial score (nSPS) is 19.4. The van der Waals surface area contributed by atoms with Crippen molar-refractivity contribution in [3.05, 3.63) is 0 Å². The van der Waals surface area contributed by atoms with Crippen molar-refractivity contribution in [2.75, 3.05) is 32.8 Å². The maximum Gasteiger partial charge on any atom is 0.220 e. The Hall–Kier alpha value is -0.900. The molecule has 4 nitrogen and oxygen atoms in total. The summed E-state index contributed by atoms with van der Waals surface area (Å²) in [4.78, 5) is 10.2. The van der Waals surface area contributed by atoms with E-state index in [-0.39, 0.29) is 0 Å². The quantitative estimate of drug-likeness (QED) is 0.421. The molecule has 0 atom stereocenters. The third-order valence-corrected chi connectivity index (χ3v) is 1.73. The summed E-state index contributed by atoms with van der Waals surface area (Å²) in [5.74, 6) is 0.751. The van der Waals surface area contributed by atoms with Crippen LogP contribution in [0.1, 0.15) is 6.92 Å². The topological polar surface area (TPSA) is 37.2 Å². The SMILES string of the molecule is C=N/C(=N\CC)N1CCOCC1. The molecule has 0 saturated carbocycles. The van der Waals surface area contributed by atoms with E-state index < -0.39 is 0 Å². The van der Waals surface area contributed by atoms with E-state index in [1.165, 1.54) is 0 Å². The molecule has 68 valence electrons. The van der Waals surface area contributed by atoms with Crippen LogP contribution in [0.4, 0.5) is 0 Å². The fraction of sp³-hybridized carbons (Fsp3) is 0.750. The van der Waals surface area contributed by atoms with E-state index in [0.29, 0.717) is 0 Å². The van der Waals surface area contributed by atoms with Gasteiger partial charge in [-0.15, -0.1) is 0 Å². The molecule has 0 bridgehead atoms. The van der Waals surface area contributed by atoms with E-state index in [0.717, 1.165) is 38.8 Å². The summed E-state index contributed by atoms with van der Waals surface area (Å²) in [6, 6.07) is 0. The molecule has 0 aromatic rings. The molecule has 0 N–H and O–H groups in total. The smallest absolute Gasteiger partial charge is 0.220 e. The molecule has 1 aliphatic rings. The van der Waals surface area contributed by atoms with Crippen LogP contribution in [0.5, 0.6) is 0 Å². The fourth-order valence-corrected chi connectivity index (χ4v) is 1.15. The first kappa shape index (κ1) is 9.19. The van der Waals surface area contributed by atoms with E-state index in [9.17, 15) is 0 Å². The number of hydrogen-bond donors (Lipinski definition) is 0. The summed E-state index contributed by atoms with van der Waals surface area (Å²) in [6.45, 7) is 9.51. The van der Waals surface area contributed by atoms with Gasteiger partial charge in [-0.1, -0.05) is 0 Å². The molecule has 0 spiro atoms. The summed E-state index contributed by atoms with van der Waals surface area (Å²) in [7, 11) is 0. The highest BCUT2D eigenvalue weighted by Crippen LogP contribution is 1.99. The molecule has 4 heteroatoms. The van der Waals surface area contributed by atoms with Crippen LogP contribution in [0.25, 0.3) is 0 Å². The number of aliphatic imine (C=N–C) groups is 2. The summed E-state index contributed by atoms with van der Waals surface area (Å²) < 4.78 is 5.21. The first-order valence-corrected chi connectivity index (χ1v) is 4.22. The first-order chi connectivity index (χ1) is 5.88. The van der Waals surface area contributed by atoms with Crippen LogP contribution < -0.4 is 0 Å². The number of rotatable bonds is 1. The van der Waals surface area contributed by atoms with E-state index in [1.54, 1.807) is 0 Å². The molecule has 0 aromatic heterocycles. The van der Waals surface area contributed by atoms with Gasteiger partial charge in [0.2, 0.25) is 5.96 Å². The van der Waals surface area contributed by atoms with Crippen LogP contribution in [0.15, 0.2) is 9.98 Å². The zero-order chi connectivity index (χ0) is 8.81. The highest BCUT2D eigenvalue weighted by atomic mass is 16.5. The Labute approximate surface area is 73.0 Å². The second-order valence-electron chi connectivity index (χ2n) is 2.53. The maximum absolute atomic E-state index is 5.21. The number of hydrogen-bond acceptors (Lipinski definition) is 2. The highest BCUT2D eigenvalue weighted by Gasteiger charge is 2.12. The first-order valence-electron chi connectivity index (χ1n) is 4.22. The Bertz CT molecular complexity index is 173. The van der Waals surface area contributed by atoms with Crippen LogP contribution in [0.3, 0.4) is 0 Å². The molecular weight excluding hydrogens is 154 g/mol. The summed E-state index contributed by atoms with van der Waals surface area (Å²) in [5, 5.41) is 0. The largest absolute Gasteiger partial charge is 0.378 e. The van der Waals surface area contributed by atoms with Crippen molar-refractivity contribution in [3.8, 4) is 0 Å². The minimum absolute atomic E-state index is 0.751. The van der Waals surface area contributed by atoms with Gasteiger partial charge in [0.05, 0.1) is 13.2 Å². The van der Waals surface area contributed by atoms with E-state index in [4.69, 9.17) is 4.74 Å². The average Bonchev–Trinajstić information content (AvgIpc) is 2.15. The van der Waals surface area contributed by atoms with E-state index in [1.807, 2.05) is 6.92 Å². The summed E-state index contributed by atoms with van der Waals surface area (Å²) >= 11 is 0. The van der Waals surface area contributed by atoms with Crippen molar-refractivity contribution in [1.82, 2.24) is 4.90 Å². The highest BCUT2D eigenvalue weighted by molar-refractivity contribution is 5.84. The standard InChI is InChI=1S/C8H15N3O/c1-3-10-8(9-2)11-4-6-12-7-5-11/h2-7H2,1H3/b10-8+. The monoisotopic (exact) mass is 169 g/mol. The Morgan fingerprint density at radius 3 is 2.67 bits per heavy atom. The Balaban J connectivity index is 2.51. The molecule has 0 amide bonds. The number of morpholine rings is 1. The van der Waals surface area contributed by atoms with Crippen molar-refractivity contribution >= 4 is 12.7 Å². The van der Waals surface area contributed by atoms with Gasteiger partial charge >= 0.3 is 0 Å². The lowest BCUT2D eigenvalue weighted by Gasteiger charge is -2.27. The number of nitrogens with zero attached hydrogens (tertiary/aromatic N) is 3. The number of ether oxygens (including phenoxy) is 1. The van der Waals surface area contributed by atoms with Gasteiger partial charge in [-0.3, -0.25) is 4.99 Å². The van der Waals surface area contributed by atoms with Gasteiger partial charge in [0.1, 0.15) is 0 Å². The van der Waals surface area contributed by atoms with Gasteiger partial charge in [0.15, 0.2) is 0 Å². The van der Waals surface area contributed by atoms with Crippen LogP contribution in [0.2, 0.25) is 0 Å². The lowest BCUT2D eigenvalue weighted by atomic mass is 10.4. The molecule has 0 aliphatic carbocycles. The van der Waals surface area contributed by atoms with Crippen molar-refractivity contribution in [1.29, 1.82) is 0 Å². The van der Waals surface area contributed by atoms with Crippen molar-refractivity contribution in [2.24, 2.45) is 9.98 Å². The minimum atomic E-state index is 0.751. The van der Waals surface area contributed by atoms with Gasteiger partial charge in [-0.25, -0.2) is 4.99 Å². The molecule has 1 saturated heterocycles. The molecule has 1 aliphatic heterocycles. The summed E-state index contributed by atoms with van der Waals surface area (Å²) in [6.07, 6.45) is 0. The van der Waals surface area contributed by atoms with Gasteiger partial charge in [0.25, 0.3) is 0 Å². The van der Waals surface area contributed by atoms with Gasteiger partial charge < -0.3 is 9.64 Å². The maximum atomic E-state index is 5.21. The molecule has 0 unspecified atom stereocenters. The predicted molar refractivity (Wildman–Crippen MR) is 49.9 cm³/mol. The Morgan fingerprint density at radius 1 is 1.50 bits per heavy atom. The number of guanidine groups is 1. The zero-order valence-corrected chi connectivity index (χ0v) is 7.49. The lowest BCUT2D eigenvalue weighted by Crippen LogP contribution is -2.40. The average molecular weight is 169 g/mol. The Kier molecular flexibility index (Phi) is 3.73. The van der Waals surface area contributed by atoms with Crippen LogP contribution in [-0.2, 0) is 4.74 Å². The lowest BCUT2D eigenvalue weighted by molar-refractivity contribution is 0.0675. The Morgan fingerprint density at radius 2 is 2.17 bits per heavy atom. The molecule has 1 fully saturated rings.